The van der Waals surface area contributed by atoms with E-state index in [1.807, 2.05) is 6.92 Å². The Bertz CT molecular complexity index is 727. The molecule has 1 aromatic carbocycles. The van der Waals surface area contributed by atoms with E-state index in [-0.39, 0.29) is 11.6 Å². The number of benzene rings is 1. The van der Waals surface area contributed by atoms with E-state index in [4.69, 9.17) is 4.74 Å². The Morgan fingerprint density at radius 2 is 2.17 bits per heavy atom. The number of urea groups is 1. The first-order valence-corrected chi connectivity index (χ1v) is 7.36. The number of anilines is 1. The number of nitrogens with one attached hydrogen (secondary N) is 2. The van der Waals surface area contributed by atoms with Gasteiger partial charge in [-0.3, -0.25) is 9.36 Å². The Hall–Kier alpha value is -2.83. The summed E-state index contributed by atoms with van der Waals surface area (Å²) in [5, 5.41) is 5.40. The fourth-order valence-corrected chi connectivity index (χ4v) is 1.99. The van der Waals surface area contributed by atoms with Crippen molar-refractivity contribution in [3.8, 4) is 5.75 Å². The van der Waals surface area contributed by atoms with Crippen molar-refractivity contribution < 1.29 is 9.53 Å². The fourth-order valence-electron chi connectivity index (χ4n) is 1.99. The van der Waals surface area contributed by atoms with Crippen LogP contribution >= 0.6 is 0 Å². The van der Waals surface area contributed by atoms with Gasteiger partial charge in [-0.05, 0) is 18.6 Å². The summed E-state index contributed by atoms with van der Waals surface area (Å²) >= 11 is 0. The molecule has 2 rings (SSSR count). The van der Waals surface area contributed by atoms with Crippen LogP contribution in [-0.4, -0.2) is 29.2 Å². The Morgan fingerprint density at radius 3 is 2.87 bits per heavy atom. The van der Waals surface area contributed by atoms with Gasteiger partial charge in [0.25, 0.3) is 5.56 Å². The van der Waals surface area contributed by atoms with Gasteiger partial charge < -0.3 is 15.4 Å². The Kier molecular flexibility index (Phi) is 5.74. The third-order valence-electron chi connectivity index (χ3n) is 3.26. The fraction of sp³-hybridized carbons (Fsp3) is 0.312. The van der Waals surface area contributed by atoms with E-state index in [9.17, 15) is 9.59 Å². The van der Waals surface area contributed by atoms with Crippen molar-refractivity contribution in [1.82, 2.24) is 14.9 Å². The topological polar surface area (TPSA) is 85.2 Å². The highest BCUT2D eigenvalue weighted by Gasteiger charge is 2.03. The van der Waals surface area contributed by atoms with Gasteiger partial charge in [0.1, 0.15) is 5.75 Å². The molecule has 23 heavy (non-hydrogen) atoms. The molecule has 0 atom stereocenters. The normalized spacial score (nSPS) is 10.2. The second-order valence-corrected chi connectivity index (χ2v) is 4.88. The van der Waals surface area contributed by atoms with Gasteiger partial charge in [-0.25, -0.2) is 9.78 Å². The summed E-state index contributed by atoms with van der Waals surface area (Å²) in [6.45, 7) is 2.63. The van der Waals surface area contributed by atoms with Gasteiger partial charge in [0.15, 0.2) is 0 Å². The van der Waals surface area contributed by atoms with Crippen molar-refractivity contribution in [2.45, 2.75) is 19.9 Å². The zero-order chi connectivity index (χ0) is 16.7. The van der Waals surface area contributed by atoms with Crippen molar-refractivity contribution >= 4 is 11.7 Å². The molecule has 122 valence electrons. The number of methoxy groups -OCH3 is 1. The zero-order valence-electron chi connectivity index (χ0n) is 13.2. The van der Waals surface area contributed by atoms with Crippen molar-refractivity contribution in [3.63, 3.8) is 0 Å². The highest BCUT2D eigenvalue weighted by Crippen LogP contribution is 2.16. The standard InChI is InChI=1S/C16H20N4O3/c1-3-12-10-15(21)20(11-18-12)8-7-17-16(22)19-13-5-4-6-14(9-13)23-2/h4-6,9-11H,3,7-8H2,1-2H3,(H2,17,19,22). The summed E-state index contributed by atoms with van der Waals surface area (Å²) in [4.78, 5) is 27.8. The van der Waals surface area contributed by atoms with Crippen molar-refractivity contribution in [3.05, 3.63) is 52.7 Å². The van der Waals surface area contributed by atoms with Gasteiger partial charge in [0.05, 0.1) is 13.4 Å². The van der Waals surface area contributed by atoms with E-state index >= 15 is 0 Å². The molecule has 0 aliphatic heterocycles. The molecule has 0 saturated carbocycles. The number of nitrogens with zero attached hydrogens (tertiary/aromatic N) is 2. The van der Waals surface area contributed by atoms with Crippen LogP contribution < -0.4 is 20.9 Å². The van der Waals surface area contributed by atoms with Crippen molar-refractivity contribution in [1.29, 1.82) is 0 Å². The molecule has 0 bridgehead atoms. The summed E-state index contributed by atoms with van der Waals surface area (Å²) in [5.41, 5.74) is 1.27. The largest absolute Gasteiger partial charge is 0.497 e. The van der Waals surface area contributed by atoms with Crippen LogP contribution in [0.5, 0.6) is 5.75 Å². The molecule has 0 unspecified atom stereocenters. The molecule has 0 aliphatic rings. The molecule has 1 heterocycles. The number of carbonyl (C=O) groups is 1. The average molecular weight is 316 g/mol. The van der Waals surface area contributed by atoms with Crippen LogP contribution in [0.2, 0.25) is 0 Å². The molecule has 2 N–H and O–H groups in total. The molecule has 2 amide bonds. The highest BCUT2D eigenvalue weighted by molar-refractivity contribution is 5.89. The molecular formula is C16H20N4O3. The summed E-state index contributed by atoms with van der Waals surface area (Å²) in [6, 6.07) is 8.23. The quantitative estimate of drug-likeness (QED) is 0.848. The molecule has 0 saturated heterocycles. The van der Waals surface area contributed by atoms with E-state index in [0.29, 0.717) is 24.5 Å². The van der Waals surface area contributed by atoms with Crippen molar-refractivity contribution in [2.75, 3.05) is 19.0 Å². The highest BCUT2D eigenvalue weighted by atomic mass is 16.5. The van der Waals surface area contributed by atoms with Crippen LogP contribution in [-0.2, 0) is 13.0 Å². The lowest BCUT2D eigenvalue weighted by Crippen LogP contribution is -2.33. The maximum Gasteiger partial charge on any atom is 0.319 e. The van der Waals surface area contributed by atoms with Crippen LogP contribution in [0.1, 0.15) is 12.6 Å². The van der Waals surface area contributed by atoms with Crippen LogP contribution in [0, 0.1) is 0 Å². The molecule has 0 aliphatic carbocycles. The predicted octanol–water partition coefficient (Wildman–Crippen LogP) is 1.64. The smallest absolute Gasteiger partial charge is 0.319 e. The van der Waals surface area contributed by atoms with E-state index < -0.39 is 0 Å². The Balaban J connectivity index is 1.84. The average Bonchev–Trinajstić information content (AvgIpc) is 2.56. The van der Waals surface area contributed by atoms with Gasteiger partial charge in [-0.2, -0.15) is 0 Å². The van der Waals surface area contributed by atoms with Gasteiger partial charge in [-0.15, -0.1) is 0 Å². The lowest BCUT2D eigenvalue weighted by molar-refractivity contribution is 0.251. The van der Waals surface area contributed by atoms with Crippen LogP contribution in [0.15, 0.2) is 41.5 Å². The summed E-state index contributed by atoms with van der Waals surface area (Å²) in [6.07, 6.45) is 2.22. The zero-order valence-corrected chi connectivity index (χ0v) is 13.2. The van der Waals surface area contributed by atoms with Gasteiger partial charge >= 0.3 is 6.03 Å². The van der Waals surface area contributed by atoms with Crippen LogP contribution in [0.4, 0.5) is 10.5 Å². The van der Waals surface area contributed by atoms with E-state index in [2.05, 4.69) is 15.6 Å². The summed E-state index contributed by atoms with van der Waals surface area (Å²) in [5.74, 6) is 0.663. The molecular weight excluding hydrogens is 296 g/mol. The van der Waals surface area contributed by atoms with E-state index in [1.165, 1.54) is 17.0 Å². The van der Waals surface area contributed by atoms with Gasteiger partial charge in [0.2, 0.25) is 0 Å². The monoisotopic (exact) mass is 316 g/mol. The summed E-state index contributed by atoms with van der Waals surface area (Å²) in [7, 11) is 1.56. The van der Waals surface area contributed by atoms with Gasteiger partial charge in [-0.1, -0.05) is 13.0 Å². The minimum absolute atomic E-state index is 0.119. The lowest BCUT2D eigenvalue weighted by atomic mass is 10.3. The molecule has 0 radical (unpaired) electrons. The lowest BCUT2D eigenvalue weighted by Gasteiger charge is -2.10. The third kappa shape index (κ3) is 4.84. The second kappa shape index (κ2) is 7.98. The third-order valence-corrected chi connectivity index (χ3v) is 3.26. The predicted molar refractivity (Wildman–Crippen MR) is 87.9 cm³/mol. The van der Waals surface area contributed by atoms with Crippen molar-refractivity contribution in [2.24, 2.45) is 0 Å². The number of hydrogen-bond donors (Lipinski definition) is 2. The first-order chi connectivity index (χ1) is 11.1. The van der Waals surface area contributed by atoms with Crippen LogP contribution in [0.3, 0.4) is 0 Å². The minimum Gasteiger partial charge on any atom is -0.497 e. The molecule has 7 nitrogen and oxygen atoms in total. The number of carbonyl (C=O) groups excluding carboxylic acids is 1. The number of hydrogen-bond acceptors (Lipinski definition) is 4. The minimum atomic E-state index is -0.343. The number of ether oxygens (including phenoxy) is 1. The maximum atomic E-state index is 11.8. The Morgan fingerprint density at radius 1 is 1.35 bits per heavy atom. The van der Waals surface area contributed by atoms with E-state index in [0.717, 1.165) is 12.1 Å². The second-order valence-electron chi connectivity index (χ2n) is 4.88. The molecule has 2 aromatic rings. The first-order valence-electron chi connectivity index (χ1n) is 7.36. The van der Waals surface area contributed by atoms with Crippen LogP contribution in [0.25, 0.3) is 0 Å². The van der Waals surface area contributed by atoms with Gasteiger partial charge in [0, 0.05) is 36.6 Å². The number of rotatable bonds is 6. The summed E-state index contributed by atoms with van der Waals surface area (Å²) < 4.78 is 6.55. The van der Waals surface area contributed by atoms with E-state index in [1.54, 1.807) is 31.4 Å². The number of aromatic nitrogens is 2. The molecule has 1 aromatic heterocycles. The Labute approximate surface area is 134 Å². The number of aryl methyl sites for hydroxylation is 1. The maximum absolute atomic E-state index is 11.8. The first kappa shape index (κ1) is 16.5. The molecule has 7 heteroatoms. The SMILES string of the molecule is CCc1cc(=O)n(CCNC(=O)Nc2cccc(OC)c2)cn1. The molecule has 0 fully saturated rings. The number of amides is 2. The molecule has 0 spiro atoms.